The third-order valence-electron chi connectivity index (χ3n) is 6.62. The Labute approximate surface area is 188 Å². The van der Waals surface area contributed by atoms with Crippen LogP contribution >= 0.6 is 0 Å². The minimum Gasteiger partial charge on any atom is -0.490 e. The van der Waals surface area contributed by atoms with E-state index in [1.165, 1.54) is 6.07 Å². The van der Waals surface area contributed by atoms with Crippen molar-refractivity contribution in [3.8, 4) is 5.75 Å². The molecule has 1 saturated heterocycles. The molecule has 4 rings (SSSR count). The van der Waals surface area contributed by atoms with Crippen LogP contribution in [0.1, 0.15) is 56.9 Å². The number of benzene rings is 1. The second-order valence-electron chi connectivity index (χ2n) is 9.43. The summed E-state index contributed by atoms with van der Waals surface area (Å²) in [6, 6.07) is 4.73. The van der Waals surface area contributed by atoms with E-state index in [-0.39, 0.29) is 35.0 Å². The summed E-state index contributed by atoms with van der Waals surface area (Å²) >= 11 is 0. The van der Waals surface area contributed by atoms with Gasteiger partial charge in [-0.05, 0) is 68.6 Å². The van der Waals surface area contributed by atoms with Crippen LogP contribution in [-0.2, 0) is 24.8 Å². The average molecular weight is 464 g/mol. The summed E-state index contributed by atoms with van der Waals surface area (Å²) < 4.78 is 45.2. The molecule has 0 radical (unpaired) electrons. The van der Waals surface area contributed by atoms with E-state index in [1.807, 2.05) is 0 Å². The van der Waals surface area contributed by atoms with Crippen LogP contribution in [-0.4, -0.2) is 38.3 Å². The summed E-state index contributed by atoms with van der Waals surface area (Å²) in [5.41, 5.74) is 0.375. The van der Waals surface area contributed by atoms with Gasteiger partial charge in [0, 0.05) is 17.8 Å². The van der Waals surface area contributed by atoms with Gasteiger partial charge in [-0.15, -0.1) is 0 Å². The summed E-state index contributed by atoms with van der Waals surface area (Å²) in [6.45, 7) is 0.509. The number of hydrogen-bond donors (Lipinski definition) is 1. The number of carbonyl (C=O) groups excluding carboxylic acids is 2. The first kappa shape index (κ1) is 23.0. The van der Waals surface area contributed by atoms with Crippen LogP contribution in [0, 0.1) is 17.7 Å². The monoisotopic (exact) mass is 463 g/mol. The molecule has 2 saturated carbocycles. The van der Waals surface area contributed by atoms with Crippen molar-refractivity contribution >= 4 is 21.7 Å². The summed E-state index contributed by atoms with van der Waals surface area (Å²) in [5, 5.41) is 2.34. The van der Waals surface area contributed by atoms with Crippen molar-refractivity contribution in [2.45, 2.75) is 56.8 Å². The van der Waals surface area contributed by atoms with Gasteiger partial charge < -0.3 is 4.74 Å². The van der Waals surface area contributed by atoms with Crippen LogP contribution in [0.15, 0.2) is 30.4 Å². The van der Waals surface area contributed by atoms with Crippen molar-refractivity contribution < 1.29 is 27.1 Å². The fourth-order valence-corrected chi connectivity index (χ4v) is 6.07. The molecule has 1 aliphatic heterocycles. The zero-order chi connectivity index (χ0) is 22.8. The molecule has 6 nitrogen and oxygen atoms in total. The van der Waals surface area contributed by atoms with E-state index >= 15 is 0 Å². The van der Waals surface area contributed by atoms with E-state index in [0.29, 0.717) is 38.2 Å². The quantitative estimate of drug-likeness (QED) is 0.401. The van der Waals surface area contributed by atoms with Crippen LogP contribution in [0.3, 0.4) is 0 Å². The Hall–Kier alpha value is -2.22. The largest absolute Gasteiger partial charge is 0.490 e. The molecule has 3 aliphatic rings. The molecule has 0 spiro atoms. The molecule has 0 bridgehead atoms. The number of sulfone groups is 1. The number of amides is 2. The third kappa shape index (κ3) is 5.97. The van der Waals surface area contributed by atoms with E-state index in [9.17, 15) is 22.4 Å². The predicted molar refractivity (Wildman–Crippen MR) is 118 cm³/mol. The van der Waals surface area contributed by atoms with Gasteiger partial charge in [-0.3, -0.25) is 14.9 Å². The Morgan fingerprint density at radius 1 is 1.16 bits per heavy atom. The lowest BCUT2D eigenvalue weighted by Gasteiger charge is -2.19. The van der Waals surface area contributed by atoms with Crippen molar-refractivity contribution in [3.63, 3.8) is 0 Å². The number of ether oxygens (including phenoxy) is 1. The lowest BCUT2D eigenvalue weighted by atomic mass is 9.93. The van der Waals surface area contributed by atoms with Crippen molar-refractivity contribution in [3.05, 3.63) is 41.7 Å². The van der Waals surface area contributed by atoms with Crippen molar-refractivity contribution in [2.75, 3.05) is 18.1 Å². The number of allylic oxidation sites excluding steroid dienone is 1. The smallest absolute Gasteiger partial charge is 0.229 e. The van der Waals surface area contributed by atoms with Gasteiger partial charge in [-0.2, -0.15) is 0 Å². The van der Waals surface area contributed by atoms with Gasteiger partial charge >= 0.3 is 0 Å². The van der Waals surface area contributed by atoms with Gasteiger partial charge in [0.1, 0.15) is 0 Å². The lowest BCUT2D eigenvalue weighted by Crippen LogP contribution is -2.40. The molecule has 174 valence electrons. The zero-order valence-electron chi connectivity index (χ0n) is 18.1. The van der Waals surface area contributed by atoms with E-state index in [1.54, 1.807) is 24.3 Å². The van der Waals surface area contributed by atoms with Gasteiger partial charge in [0.15, 0.2) is 21.4 Å². The van der Waals surface area contributed by atoms with Gasteiger partial charge in [-0.1, -0.05) is 18.2 Å². The van der Waals surface area contributed by atoms with Crippen molar-refractivity contribution in [1.29, 1.82) is 0 Å². The Morgan fingerprint density at radius 3 is 2.62 bits per heavy atom. The second-order valence-corrected chi connectivity index (χ2v) is 11.5. The van der Waals surface area contributed by atoms with Crippen LogP contribution in [0.25, 0.3) is 0 Å². The highest BCUT2D eigenvalue weighted by atomic mass is 32.2. The molecule has 1 unspecified atom stereocenters. The fourth-order valence-electron chi connectivity index (χ4n) is 4.23. The molecule has 1 aromatic carbocycles. The Bertz CT molecular complexity index is 1010. The van der Waals surface area contributed by atoms with Gasteiger partial charge in [0.25, 0.3) is 0 Å². The number of rotatable bonds is 11. The summed E-state index contributed by atoms with van der Waals surface area (Å²) in [4.78, 5) is 23.0. The fraction of sp³-hybridized carbons (Fsp3) is 0.583. The number of hydrogen-bond acceptors (Lipinski definition) is 5. The third-order valence-corrected chi connectivity index (χ3v) is 8.31. The molecular weight excluding hydrogens is 433 g/mol. The number of piperidine rings is 1. The highest BCUT2D eigenvalue weighted by Crippen LogP contribution is 2.50. The molecule has 0 aromatic heterocycles. The highest BCUT2D eigenvalue weighted by Gasteiger charge is 2.47. The maximum Gasteiger partial charge on any atom is 0.229 e. The predicted octanol–water partition coefficient (Wildman–Crippen LogP) is 3.45. The number of nitrogens with one attached hydrogen (secondary N) is 1. The first-order valence-corrected chi connectivity index (χ1v) is 13.2. The summed E-state index contributed by atoms with van der Waals surface area (Å²) in [5.74, 6) is -0.379. The summed E-state index contributed by atoms with van der Waals surface area (Å²) in [7, 11) is -3.33. The first-order chi connectivity index (χ1) is 15.3. The van der Waals surface area contributed by atoms with Crippen molar-refractivity contribution in [2.24, 2.45) is 11.8 Å². The zero-order valence-corrected chi connectivity index (χ0v) is 19.0. The lowest BCUT2D eigenvalue weighted by molar-refractivity contribution is -0.136. The number of carbonyl (C=O) groups is 2. The van der Waals surface area contributed by atoms with Gasteiger partial charge in [0.05, 0.1) is 18.1 Å². The van der Waals surface area contributed by atoms with Crippen molar-refractivity contribution in [1.82, 2.24) is 5.32 Å². The SMILES string of the molecule is O=C1CCC(CC/C=C/CS(=O)(=O)CC2(c3ccc(F)c(OCC4CC4)c3)CC2)C(=O)N1. The molecular formula is C24H30FNO5S. The van der Waals surface area contributed by atoms with Crippen LogP contribution < -0.4 is 10.1 Å². The van der Waals surface area contributed by atoms with Crippen LogP contribution in [0.5, 0.6) is 5.75 Å². The molecule has 8 heteroatoms. The molecule has 1 N–H and O–H groups in total. The first-order valence-electron chi connectivity index (χ1n) is 11.4. The van der Waals surface area contributed by atoms with Crippen LogP contribution in [0.2, 0.25) is 0 Å². The number of halogens is 1. The van der Waals surface area contributed by atoms with Gasteiger partial charge in [0.2, 0.25) is 11.8 Å². The molecule has 32 heavy (non-hydrogen) atoms. The molecule has 2 amide bonds. The number of imide groups is 1. The molecule has 1 aromatic rings. The van der Waals surface area contributed by atoms with Gasteiger partial charge in [-0.25, -0.2) is 12.8 Å². The van der Waals surface area contributed by atoms with E-state index in [2.05, 4.69) is 5.32 Å². The topological polar surface area (TPSA) is 89.5 Å². The Balaban J connectivity index is 1.29. The average Bonchev–Trinajstić information content (AvgIpc) is 3.65. The molecule has 2 aliphatic carbocycles. The molecule has 1 heterocycles. The summed E-state index contributed by atoms with van der Waals surface area (Å²) in [6.07, 6.45) is 9.28. The standard InChI is InChI=1S/C24H30FNO5S/c25-20-9-8-19(14-21(20)31-15-17-5-6-17)24(11-12-24)16-32(29,30)13-3-1-2-4-18-7-10-22(27)26-23(18)28/h1,3,8-9,14,17-18H,2,4-7,10-13,15-16H2,(H,26,27,28)/b3-1+. The Morgan fingerprint density at radius 2 is 1.94 bits per heavy atom. The molecule has 3 fully saturated rings. The minimum atomic E-state index is -3.33. The van der Waals surface area contributed by atoms with E-state index in [0.717, 1.165) is 31.2 Å². The highest BCUT2D eigenvalue weighted by molar-refractivity contribution is 7.91. The Kier molecular flexibility index (Phi) is 6.70. The normalized spacial score (nSPS) is 22.7. The maximum absolute atomic E-state index is 14.1. The van der Waals surface area contributed by atoms with E-state index < -0.39 is 21.1 Å². The van der Waals surface area contributed by atoms with Crippen LogP contribution in [0.4, 0.5) is 4.39 Å². The molecule has 1 atom stereocenters. The minimum absolute atomic E-state index is 0.0329. The second kappa shape index (κ2) is 9.33. The maximum atomic E-state index is 14.1. The van der Waals surface area contributed by atoms with E-state index in [4.69, 9.17) is 4.74 Å².